The molecular weight excluding hydrogens is 395 g/mol. The lowest BCUT2D eigenvalue weighted by Gasteiger charge is -2.12. The summed E-state index contributed by atoms with van der Waals surface area (Å²) in [5, 5.41) is 15.2. The summed E-state index contributed by atoms with van der Waals surface area (Å²) in [5.74, 6) is 0. The molecule has 0 bridgehead atoms. The number of aliphatic hydroxyl groups excluding tert-OH is 1. The van der Waals surface area contributed by atoms with Crippen LogP contribution in [0.25, 0.3) is 0 Å². The average molecular weight is 409 g/mol. The smallest absolute Gasteiger partial charge is 0.0848 e. The highest BCUT2D eigenvalue weighted by atomic mass is 79.9. The van der Waals surface area contributed by atoms with Gasteiger partial charge in [-0.1, -0.05) is 17.7 Å². The predicted molar refractivity (Wildman–Crippen MR) is 83.5 cm³/mol. The zero-order chi connectivity index (χ0) is 14.2. The molecule has 102 valence electrons. The standard InChI is InChI=1S/C13H13Br2ClN2O/c1-7-13(16)11(18(2)17-7)6-12(19)8-3-4-9(14)10(15)5-8/h3-5,12,19H,6H2,1-2H3. The van der Waals surface area contributed by atoms with Gasteiger partial charge in [0.05, 0.1) is 22.5 Å². The fourth-order valence-electron chi connectivity index (χ4n) is 1.92. The highest BCUT2D eigenvalue weighted by Gasteiger charge is 2.17. The minimum absolute atomic E-state index is 0.435. The van der Waals surface area contributed by atoms with E-state index in [1.165, 1.54) is 0 Å². The molecule has 19 heavy (non-hydrogen) atoms. The number of rotatable bonds is 3. The largest absolute Gasteiger partial charge is 0.388 e. The summed E-state index contributed by atoms with van der Waals surface area (Å²) in [6.45, 7) is 1.86. The van der Waals surface area contributed by atoms with E-state index in [4.69, 9.17) is 11.6 Å². The summed E-state index contributed by atoms with van der Waals surface area (Å²) in [6, 6.07) is 5.68. The molecule has 0 saturated heterocycles. The van der Waals surface area contributed by atoms with Crippen molar-refractivity contribution >= 4 is 43.5 Å². The first-order chi connectivity index (χ1) is 8.90. The number of nitrogens with zero attached hydrogens (tertiary/aromatic N) is 2. The number of aryl methyl sites for hydroxylation is 2. The van der Waals surface area contributed by atoms with Crippen LogP contribution in [0, 0.1) is 6.92 Å². The molecule has 0 fully saturated rings. The van der Waals surface area contributed by atoms with Gasteiger partial charge in [-0.25, -0.2) is 0 Å². The van der Waals surface area contributed by atoms with E-state index in [2.05, 4.69) is 37.0 Å². The molecule has 0 radical (unpaired) electrons. The third kappa shape index (κ3) is 3.21. The highest BCUT2D eigenvalue weighted by molar-refractivity contribution is 9.13. The summed E-state index contributed by atoms with van der Waals surface area (Å²) >= 11 is 13.0. The molecule has 1 unspecified atom stereocenters. The first kappa shape index (κ1) is 15.0. The molecule has 0 aliphatic heterocycles. The van der Waals surface area contributed by atoms with Gasteiger partial charge < -0.3 is 5.11 Å². The van der Waals surface area contributed by atoms with Gasteiger partial charge in [-0.3, -0.25) is 4.68 Å². The number of hydrogen-bond donors (Lipinski definition) is 1. The molecule has 0 spiro atoms. The fraction of sp³-hybridized carbons (Fsp3) is 0.308. The molecule has 3 nitrogen and oxygen atoms in total. The van der Waals surface area contributed by atoms with Crippen LogP contribution in [0.4, 0.5) is 0 Å². The Bertz CT molecular complexity index is 613. The second-order valence-corrected chi connectivity index (χ2v) is 6.45. The molecule has 1 aromatic carbocycles. The summed E-state index contributed by atoms with van der Waals surface area (Å²) < 4.78 is 3.59. The lowest BCUT2D eigenvalue weighted by molar-refractivity contribution is 0.175. The van der Waals surface area contributed by atoms with E-state index in [1.54, 1.807) is 4.68 Å². The summed E-state index contributed by atoms with van der Waals surface area (Å²) in [6.07, 6.45) is -0.179. The van der Waals surface area contributed by atoms with Gasteiger partial charge in [0.25, 0.3) is 0 Å². The lowest BCUT2D eigenvalue weighted by Crippen LogP contribution is -2.07. The Labute approximate surface area is 133 Å². The van der Waals surface area contributed by atoms with Crippen molar-refractivity contribution in [1.82, 2.24) is 9.78 Å². The van der Waals surface area contributed by atoms with Crippen LogP contribution in [0.15, 0.2) is 27.1 Å². The minimum Gasteiger partial charge on any atom is -0.388 e. The van der Waals surface area contributed by atoms with Gasteiger partial charge in [-0.2, -0.15) is 5.10 Å². The van der Waals surface area contributed by atoms with E-state index < -0.39 is 6.10 Å². The van der Waals surface area contributed by atoms with Gasteiger partial charge in [0.2, 0.25) is 0 Å². The van der Waals surface area contributed by atoms with Crippen LogP contribution < -0.4 is 0 Å². The van der Waals surface area contributed by atoms with Gasteiger partial charge in [-0.15, -0.1) is 0 Å². The summed E-state index contributed by atoms with van der Waals surface area (Å²) in [5.41, 5.74) is 2.46. The third-order valence-corrected chi connectivity index (χ3v) is 5.35. The summed E-state index contributed by atoms with van der Waals surface area (Å²) in [4.78, 5) is 0. The minimum atomic E-state index is -0.614. The summed E-state index contributed by atoms with van der Waals surface area (Å²) in [7, 11) is 1.83. The zero-order valence-corrected chi connectivity index (χ0v) is 14.4. The van der Waals surface area contributed by atoms with E-state index >= 15 is 0 Å². The van der Waals surface area contributed by atoms with Crippen molar-refractivity contribution in [3.63, 3.8) is 0 Å². The van der Waals surface area contributed by atoms with Crippen molar-refractivity contribution in [2.75, 3.05) is 0 Å². The van der Waals surface area contributed by atoms with Gasteiger partial charge in [0.1, 0.15) is 0 Å². The van der Waals surface area contributed by atoms with E-state index in [-0.39, 0.29) is 0 Å². The van der Waals surface area contributed by atoms with Crippen molar-refractivity contribution in [2.24, 2.45) is 7.05 Å². The Hall–Kier alpha value is -0.360. The molecule has 1 aromatic heterocycles. The number of aliphatic hydroxyl groups is 1. The molecule has 1 atom stereocenters. The lowest BCUT2D eigenvalue weighted by atomic mass is 10.0. The molecule has 0 aliphatic rings. The van der Waals surface area contributed by atoms with Crippen molar-refractivity contribution < 1.29 is 5.11 Å². The Morgan fingerprint density at radius 3 is 2.58 bits per heavy atom. The Balaban J connectivity index is 2.25. The van der Waals surface area contributed by atoms with Crippen LogP contribution >= 0.6 is 43.5 Å². The van der Waals surface area contributed by atoms with Crippen LogP contribution in [-0.4, -0.2) is 14.9 Å². The molecule has 1 N–H and O–H groups in total. The van der Waals surface area contributed by atoms with Crippen LogP contribution in [0.5, 0.6) is 0 Å². The molecular formula is C13H13Br2ClN2O. The quantitative estimate of drug-likeness (QED) is 0.827. The average Bonchev–Trinajstić information content (AvgIpc) is 2.59. The van der Waals surface area contributed by atoms with Gasteiger partial charge in [0.15, 0.2) is 0 Å². The van der Waals surface area contributed by atoms with Crippen LogP contribution in [-0.2, 0) is 13.5 Å². The molecule has 0 amide bonds. The second kappa shape index (κ2) is 5.95. The van der Waals surface area contributed by atoms with Gasteiger partial charge in [0, 0.05) is 22.4 Å². The maximum absolute atomic E-state index is 10.3. The maximum atomic E-state index is 10.3. The normalized spacial score (nSPS) is 12.7. The van der Waals surface area contributed by atoms with Crippen LogP contribution in [0.2, 0.25) is 5.02 Å². The molecule has 0 saturated carbocycles. The van der Waals surface area contributed by atoms with E-state index in [0.29, 0.717) is 11.4 Å². The van der Waals surface area contributed by atoms with E-state index in [9.17, 15) is 5.11 Å². The molecule has 2 aromatic rings. The number of halogens is 3. The molecule has 6 heteroatoms. The monoisotopic (exact) mass is 406 g/mol. The SMILES string of the molecule is Cc1nn(C)c(CC(O)c2ccc(Br)c(Br)c2)c1Cl. The topological polar surface area (TPSA) is 38.0 Å². The Morgan fingerprint density at radius 1 is 1.37 bits per heavy atom. The fourth-order valence-corrected chi connectivity index (χ4v) is 2.80. The number of hydrogen-bond acceptors (Lipinski definition) is 2. The Morgan fingerprint density at radius 2 is 2.05 bits per heavy atom. The van der Waals surface area contributed by atoms with Crippen molar-refractivity contribution in [3.05, 3.63) is 49.1 Å². The number of benzene rings is 1. The van der Waals surface area contributed by atoms with Crippen LogP contribution in [0.3, 0.4) is 0 Å². The van der Waals surface area contributed by atoms with Gasteiger partial charge in [-0.05, 0) is 56.5 Å². The van der Waals surface area contributed by atoms with Crippen molar-refractivity contribution in [3.8, 4) is 0 Å². The van der Waals surface area contributed by atoms with Crippen molar-refractivity contribution in [2.45, 2.75) is 19.4 Å². The first-order valence-corrected chi connectivity index (χ1v) is 7.67. The Kier molecular flexibility index (Phi) is 4.71. The third-order valence-electron chi connectivity index (χ3n) is 2.98. The van der Waals surface area contributed by atoms with E-state index in [1.807, 2.05) is 32.2 Å². The number of aromatic nitrogens is 2. The maximum Gasteiger partial charge on any atom is 0.0848 e. The molecule has 2 rings (SSSR count). The molecule has 1 heterocycles. The predicted octanol–water partition coefficient (Wildman–Crippen LogP) is 4.18. The second-order valence-electron chi connectivity index (χ2n) is 4.36. The molecule has 0 aliphatic carbocycles. The van der Waals surface area contributed by atoms with E-state index in [0.717, 1.165) is 25.9 Å². The van der Waals surface area contributed by atoms with Crippen molar-refractivity contribution in [1.29, 1.82) is 0 Å². The van der Waals surface area contributed by atoms with Gasteiger partial charge >= 0.3 is 0 Å². The highest BCUT2D eigenvalue weighted by Crippen LogP contribution is 2.29. The zero-order valence-electron chi connectivity index (χ0n) is 10.5. The van der Waals surface area contributed by atoms with Crippen LogP contribution in [0.1, 0.15) is 23.1 Å². The first-order valence-electron chi connectivity index (χ1n) is 5.71.